The van der Waals surface area contributed by atoms with Crippen LogP contribution in [0.25, 0.3) is 11.1 Å². The van der Waals surface area contributed by atoms with Crippen molar-refractivity contribution in [1.82, 2.24) is 0 Å². The van der Waals surface area contributed by atoms with Crippen LogP contribution in [0, 0.1) is 23.5 Å². The number of hydrogen-bond donors (Lipinski definition) is 0. The Morgan fingerprint density at radius 1 is 0.821 bits per heavy atom. The molecule has 0 spiro atoms. The van der Waals surface area contributed by atoms with Crippen molar-refractivity contribution in [3.63, 3.8) is 0 Å². The van der Waals surface area contributed by atoms with Crippen LogP contribution in [0.5, 0.6) is 0 Å². The van der Waals surface area contributed by atoms with Gasteiger partial charge in [-0.3, -0.25) is 0 Å². The van der Waals surface area contributed by atoms with E-state index < -0.39 is 23.4 Å². The fourth-order valence-corrected chi connectivity index (χ4v) is 4.17. The Morgan fingerprint density at radius 2 is 1.36 bits per heavy atom. The second-order valence-electron chi connectivity index (χ2n) is 7.84. The molecule has 2 aromatic rings. The van der Waals surface area contributed by atoms with E-state index >= 15 is 0 Å². The molecule has 2 aromatic carbocycles. The van der Waals surface area contributed by atoms with Gasteiger partial charge in [0, 0.05) is 0 Å². The van der Waals surface area contributed by atoms with Crippen molar-refractivity contribution in [2.75, 3.05) is 0 Å². The summed E-state index contributed by atoms with van der Waals surface area (Å²) in [5.74, 6) is -1.55. The molecule has 0 bridgehead atoms. The highest BCUT2D eigenvalue weighted by molar-refractivity contribution is 5.64. The van der Waals surface area contributed by atoms with Crippen LogP contribution < -0.4 is 0 Å². The summed E-state index contributed by atoms with van der Waals surface area (Å²) in [6.07, 6.45) is 3.46. The van der Waals surface area contributed by atoms with Crippen molar-refractivity contribution in [3.8, 4) is 11.1 Å². The Morgan fingerprint density at radius 3 is 1.86 bits per heavy atom. The molecule has 1 aliphatic rings. The molecule has 0 unspecified atom stereocenters. The van der Waals surface area contributed by atoms with Gasteiger partial charge in [-0.05, 0) is 53.5 Å². The minimum atomic E-state index is -5.05. The van der Waals surface area contributed by atoms with Crippen LogP contribution in [0.2, 0.25) is 0 Å². The molecule has 152 valence electrons. The Hall–Kier alpha value is -1.91. The molecule has 0 aliphatic heterocycles. The van der Waals surface area contributed by atoms with Crippen molar-refractivity contribution in [1.29, 1.82) is 0 Å². The highest BCUT2D eigenvalue weighted by Crippen LogP contribution is 2.36. The lowest BCUT2D eigenvalue weighted by Gasteiger charge is -2.27. The molecule has 0 N–H and O–H groups in total. The van der Waals surface area contributed by atoms with Gasteiger partial charge >= 0.3 is 6.18 Å². The zero-order valence-electron chi connectivity index (χ0n) is 16.0. The first-order valence-electron chi connectivity index (χ1n) is 9.93. The maximum atomic E-state index is 13.8. The van der Waals surface area contributed by atoms with Crippen LogP contribution in [0.3, 0.4) is 0 Å². The lowest BCUT2D eigenvalue weighted by atomic mass is 9.78. The number of aryl methyl sites for hydroxylation is 1. The van der Waals surface area contributed by atoms with Crippen LogP contribution in [-0.2, 0) is 12.6 Å². The van der Waals surface area contributed by atoms with Crippen molar-refractivity contribution in [2.24, 2.45) is 11.8 Å². The summed E-state index contributed by atoms with van der Waals surface area (Å²) < 4.78 is 65.7. The monoisotopic (exact) mass is 396 g/mol. The van der Waals surface area contributed by atoms with E-state index in [1.807, 2.05) is 12.1 Å². The number of halogens is 5. The molecule has 0 heterocycles. The van der Waals surface area contributed by atoms with E-state index in [1.165, 1.54) is 32.1 Å². The molecule has 0 aromatic heterocycles. The molecule has 1 aliphatic carbocycles. The molecule has 0 saturated heterocycles. The highest BCUT2D eigenvalue weighted by atomic mass is 19.4. The van der Waals surface area contributed by atoms with Gasteiger partial charge in [0.1, 0.15) is 17.2 Å². The van der Waals surface area contributed by atoms with Crippen molar-refractivity contribution in [2.45, 2.75) is 58.0 Å². The molecule has 5 heteroatoms. The predicted octanol–water partition coefficient (Wildman–Crippen LogP) is 7.80. The topological polar surface area (TPSA) is 0 Å². The van der Waals surface area contributed by atoms with Gasteiger partial charge < -0.3 is 0 Å². The summed E-state index contributed by atoms with van der Waals surface area (Å²) in [5.41, 5.74) is -0.106. The Kier molecular flexibility index (Phi) is 6.41. The van der Waals surface area contributed by atoms with E-state index in [4.69, 9.17) is 0 Å². The molecule has 28 heavy (non-hydrogen) atoms. The van der Waals surface area contributed by atoms with Gasteiger partial charge in [0.15, 0.2) is 0 Å². The zero-order chi connectivity index (χ0) is 20.3. The van der Waals surface area contributed by atoms with Crippen molar-refractivity contribution >= 4 is 0 Å². The Labute approximate surface area is 162 Å². The second-order valence-corrected chi connectivity index (χ2v) is 7.84. The largest absolute Gasteiger partial charge is 0.422 e. The summed E-state index contributed by atoms with van der Waals surface area (Å²) in [6, 6.07) is 8.69. The summed E-state index contributed by atoms with van der Waals surface area (Å²) >= 11 is 0. The Balaban J connectivity index is 1.65. The van der Waals surface area contributed by atoms with E-state index in [0.29, 0.717) is 5.56 Å². The third-order valence-corrected chi connectivity index (χ3v) is 6.00. The minimum Gasteiger partial charge on any atom is -0.206 e. The molecule has 0 nitrogen and oxygen atoms in total. The standard InChI is InChI=1S/C23H25F5/c1-2-15-3-5-16(6-4-15)7-8-17-9-11-18(12-10-17)19-13-20(24)22(21(25)14-19)23(26,27)28/h9-16H,2-8H2,1H3. The molecule has 0 radical (unpaired) electrons. The number of alkyl halides is 3. The van der Waals surface area contributed by atoms with Crippen molar-refractivity contribution < 1.29 is 22.0 Å². The van der Waals surface area contributed by atoms with Gasteiger partial charge in [-0.2, -0.15) is 13.2 Å². The maximum absolute atomic E-state index is 13.8. The van der Waals surface area contributed by atoms with E-state index in [1.54, 1.807) is 12.1 Å². The predicted molar refractivity (Wildman–Crippen MR) is 101 cm³/mol. The van der Waals surface area contributed by atoms with Crippen LogP contribution in [0.4, 0.5) is 22.0 Å². The second kappa shape index (κ2) is 8.62. The summed E-state index contributed by atoms with van der Waals surface area (Å²) in [6.45, 7) is 2.25. The van der Waals surface area contributed by atoms with Crippen LogP contribution in [0.15, 0.2) is 36.4 Å². The van der Waals surface area contributed by atoms with E-state index in [9.17, 15) is 22.0 Å². The third-order valence-electron chi connectivity index (χ3n) is 6.00. The van der Waals surface area contributed by atoms with Gasteiger partial charge in [-0.1, -0.05) is 63.3 Å². The SMILES string of the molecule is CCC1CCC(CCc2ccc(-c3cc(F)c(C(F)(F)F)c(F)c3)cc2)CC1. The van der Waals surface area contributed by atoms with E-state index in [2.05, 4.69) is 6.92 Å². The molecule has 3 rings (SSSR count). The average molecular weight is 396 g/mol. The van der Waals surface area contributed by atoms with Gasteiger partial charge in [0.25, 0.3) is 0 Å². The molecule has 1 fully saturated rings. The van der Waals surface area contributed by atoms with E-state index in [-0.39, 0.29) is 5.56 Å². The first kappa shape index (κ1) is 20.8. The lowest BCUT2D eigenvalue weighted by molar-refractivity contribution is -0.142. The number of benzene rings is 2. The molecule has 1 saturated carbocycles. The lowest BCUT2D eigenvalue weighted by Crippen LogP contribution is -2.14. The normalized spacial score (nSPS) is 20.4. The number of rotatable bonds is 5. The van der Waals surface area contributed by atoms with Crippen LogP contribution >= 0.6 is 0 Å². The summed E-state index contributed by atoms with van der Waals surface area (Å²) in [5, 5.41) is 0. The van der Waals surface area contributed by atoms with Crippen LogP contribution in [0.1, 0.15) is 56.6 Å². The van der Waals surface area contributed by atoms with Crippen LogP contribution in [-0.4, -0.2) is 0 Å². The van der Waals surface area contributed by atoms with E-state index in [0.717, 1.165) is 42.4 Å². The fourth-order valence-electron chi connectivity index (χ4n) is 4.17. The summed E-state index contributed by atoms with van der Waals surface area (Å²) in [7, 11) is 0. The average Bonchev–Trinajstić information content (AvgIpc) is 2.65. The third kappa shape index (κ3) is 4.92. The Bertz CT molecular complexity index is 761. The molecule has 0 amide bonds. The zero-order valence-corrected chi connectivity index (χ0v) is 16.0. The quantitative estimate of drug-likeness (QED) is 0.452. The smallest absolute Gasteiger partial charge is 0.206 e. The first-order chi connectivity index (χ1) is 13.3. The maximum Gasteiger partial charge on any atom is 0.422 e. The highest BCUT2D eigenvalue weighted by Gasteiger charge is 2.37. The minimum absolute atomic E-state index is 0.104. The number of hydrogen-bond acceptors (Lipinski definition) is 0. The molecular weight excluding hydrogens is 371 g/mol. The van der Waals surface area contributed by atoms with Crippen molar-refractivity contribution in [3.05, 3.63) is 59.2 Å². The fraction of sp³-hybridized carbons (Fsp3) is 0.478. The van der Waals surface area contributed by atoms with Gasteiger partial charge in [0.2, 0.25) is 0 Å². The molecule has 0 atom stereocenters. The van der Waals surface area contributed by atoms with Gasteiger partial charge in [-0.25, -0.2) is 8.78 Å². The summed E-state index contributed by atoms with van der Waals surface area (Å²) in [4.78, 5) is 0. The van der Waals surface area contributed by atoms with Gasteiger partial charge in [-0.15, -0.1) is 0 Å². The van der Waals surface area contributed by atoms with Gasteiger partial charge in [0.05, 0.1) is 0 Å². The first-order valence-corrected chi connectivity index (χ1v) is 9.93. The molecular formula is C23H25F5.